The molecule has 1 saturated carbocycles. The van der Waals surface area contributed by atoms with Gasteiger partial charge in [-0.2, -0.15) is 4.98 Å². The molecular formula is C18H29ClN6O8P2. The van der Waals surface area contributed by atoms with Crippen molar-refractivity contribution in [2.75, 3.05) is 31.9 Å². The lowest BCUT2D eigenvalue weighted by molar-refractivity contribution is -0.0198. The van der Waals surface area contributed by atoms with Gasteiger partial charge in [0.25, 0.3) is 0 Å². The van der Waals surface area contributed by atoms with E-state index in [4.69, 9.17) is 30.6 Å². The summed E-state index contributed by atoms with van der Waals surface area (Å²) in [6, 6.07) is 0.672. The van der Waals surface area contributed by atoms with Crippen molar-refractivity contribution in [2.24, 2.45) is 0 Å². The Hall–Kier alpha value is -1.18. The van der Waals surface area contributed by atoms with Crippen LogP contribution in [-0.4, -0.2) is 95.2 Å². The fraction of sp³-hybridized carbons (Fsp3) is 0.722. The molecule has 1 aliphatic carbocycles. The summed E-state index contributed by atoms with van der Waals surface area (Å²) in [4.78, 5) is 38.4. The molecule has 196 valence electrons. The van der Waals surface area contributed by atoms with Gasteiger partial charge in [0.1, 0.15) is 12.2 Å². The maximum Gasteiger partial charge on any atom is 0.340 e. The Labute approximate surface area is 206 Å². The van der Waals surface area contributed by atoms with Crippen LogP contribution in [0.2, 0.25) is 5.28 Å². The minimum atomic E-state index is -4.76. The maximum absolute atomic E-state index is 11.9. The van der Waals surface area contributed by atoms with E-state index in [0.29, 0.717) is 23.2 Å². The van der Waals surface area contributed by atoms with E-state index in [2.05, 4.69) is 39.4 Å². The molecule has 0 radical (unpaired) electrons. The summed E-state index contributed by atoms with van der Waals surface area (Å²) >= 11 is 6.18. The van der Waals surface area contributed by atoms with Crippen LogP contribution in [0, 0.1) is 0 Å². The topological polar surface area (TPSA) is 192 Å². The number of rotatable bonds is 9. The number of aromatic nitrogens is 4. The van der Waals surface area contributed by atoms with Crippen LogP contribution in [0.25, 0.3) is 5.65 Å². The van der Waals surface area contributed by atoms with E-state index in [1.54, 1.807) is 0 Å². The number of aliphatic hydroxyl groups excluding tert-OH is 1. The Balaban J connectivity index is 1.47. The van der Waals surface area contributed by atoms with E-state index < -0.39 is 46.0 Å². The molecule has 4 rings (SSSR count). The molecule has 1 unspecified atom stereocenters. The van der Waals surface area contributed by atoms with Crippen LogP contribution in [0.3, 0.4) is 0 Å². The fourth-order valence-corrected chi connectivity index (χ4v) is 7.20. The average Bonchev–Trinajstić information content (AvgIpc) is 3.43. The number of aliphatic hydroxyl groups is 1. The van der Waals surface area contributed by atoms with Crippen molar-refractivity contribution in [3.8, 4) is 0 Å². The molecule has 0 aromatic carbocycles. The number of fused-ring (bicyclic) bond motifs is 1. The van der Waals surface area contributed by atoms with E-state index >= 15 is 0 Å². The zero-order chi connectivity index (χ0) is 25.5. The maximum atomic E-state index is 11.9. The van der Waals surface area contributed by atoms with Crippen LogP contribution < -0.4 is 5.32 Å². The van der Waals surface area contributed by atoms with Crippen LogP contribution >= 0.6 is 26.8 Å². The third kappa shape index (κ3) is 6.58. The minimum Gasteiger partial charge on any atom is -0.390 e. The highest BCUT2D eigenvalue weighted by molar-refractivity contribution is 7.70. The molecule has 2 aromatic rings. The van der Waals surface area contributed by atoms with Crippen LogP contribution in [-0.2, 0) is 18.4 Å². The number of ether oxygens (including phenoxy) is 1. The van der Waals surface area contributed by atoms with Crippen LogP contribution in [0.5, 0.6) is 0 Å². The van der Waals surface area contributed by atoms with E-state index in [0.717, 1.165) is 19.3 Å². The summed E-state index contributed by atoms with van der Waals surface area (Å²) in [5.74, 6) is -0.834. The van der Waals surface area contributed by atoms with E-state index in [9.17, 15) is 19.1 Å². The number of imidazole rings is 1. The molecule has 1 aliphatic heterocycles. The van der Waals surface area contributed by atoms with Gasteiger partial charge in [-0.05, 0) is 45.0 Å². The van der Waals surface area contributed by atoms with Crippen molar-refractivity contribution in [2.45, 2.75) is 56.1 Å². The molecule has 2 fully saturated rings. The summed E-state index contributed by atoms with van der Waals surface area (Å²) in [5.41, 5.74) is 0.936. The van der Waals surface area contributed by atoms with Gasteiger partial charge in [0, 0.05) is 18.5 Å². The van der Waals surface area contributed by atoms with Crippen LogP contribution in [0.1, 0.15) is 37.5 Å². The average molecular weight is 555 g/mol. The van der Waals surface area contributed by atoms with Gasteiger partial charge in [0.15, 0.2) is 17.4 Å². The van der Waals surface area contributed by atoms with Crippen LogP contribution in [0.4, 0.5) is 5.82 Å². The molecule has 2 aliphatic rings. The third-order valence-electron chi connectivity index (χ3n) is 6.20. The molecule has 5 N–H and O–H groups in total. The number of halogens is 1. The number of nitrogens with one attached hydrogen (secondary N) is 1. The molecule has 17 heteroatoms. The van der Waals surface area contributed by atoms with Gasteiger partial charge < -0.3 is 39.3 Å². The van der Waals surface area contributed by atoms with Gasteiger partial charge in [-0.25, -0.2) is 9.50 Å². The van der Waals surface area contributed by atoms with Crippen molar-refractivity contribution < 1.29 is 38.2 Å². The Bertz CT molecular complexity index is 1160. The highest BCUT2D eigenvalue weighted by Gasteiger charge is 2.39. The number of nitrogens with zero attached hydrogens (tertiary/aromatic N) is 5. The van der Waals surface area contributed by atoms with Crippen molar-refractivity contribution in [1.29, 1.82) is 0 Å². The Morgan fingerprint density at radius 3 is 2.69 bits per heavy atom. The quantitative estimate of drug-likeness (QED) is 0.278. The van der Waals surface area contributed by atoms with E-state index in [1.807, 2.05) is 0 Å². The summed E-state index contributed by atoms with van der Waals surface area (Å²) in [6.07, 6.45) is 1.89. The summed E-state index contributed by atoms with van der Waals surface area (Å²) in [5, 5.41) is 18.0. The number of hydrogen-bond acceptors (Lipinski definition) is 10. The van der Waals surface area contributed by atoms with Crippen molar-refractivity contribution in [1.82, 2.24) is 24.5 Å². The third-order valence-corrected chi connectivity index (χ3v) is 9.81. The largest absolute Gasteiger partial charge is 0.390 e. The summed E-state index contributed by atoms with van der Waals surface area (Å²) in [6.45, 7) is -0.528. The van der Waals surface area contributed by atoms with Gasteiger partial charge in [-0.1, -0.05) is 0 Å². The Kier molecular flexibility index (Phi) is 7.90. The second kappa shape index (κ2) is 10.3. The molecule has 14 nitrogen and oxygen atoms in total. The first-order valence-corrected chi connectivity index (χ1v) is 14.9. The number of anilines is 1. The SMILES string of the molecule is CN(C)[C@H]1CC[C@H](Nc2nc(Cl)nn3c([C@H]4C[C@H](O)[C@@H](COP(=O)(O)CP(=O)(O)O)O4)cnc23)C1. The smallest absolute Gasteiger partial charge is 0.340 e. The highest BCUT2D eigenvalue weighted by Crippen LogP contribution is 2.55. The summed E-state index contributed by atoms with van der Waals surface area (Å²) in [7, 11) is -5.22. The lowest BCUT2D eigenvalue weighted by Gasteiger charge is -2.19. The molecule has 35 heavy (non-hydrogen) atoms. The lowest BCUT2D eigenvalue weighted by Crippen LogP contribution is -2.27. The monoisotopic (exact) mass is 554 g/mol. The van der Waals surface area contributed by atoms with Crippen molar-refractivity contribution >= 4 is 38.3 Å². The van der Waals surface area contributed by atoms with Crippen molar-refractivity contribution in [3.05, 3.63) is 17.2 Å². The molecular weight excluding hydrogens is 526 g/mol. The van der Waals surface area contributed by atoms with E-state index in [-0.39, 0.29) is 17.7 Å². The Morgan fingerprint density at radius 1 is 1.29 bits per heavy atom. The van der Waals surface area contributed by atoms with E-state index in [1.165, 1.54) is 10.7 Å². The second-order valence-electron chi connectivity index (χ2n) is 9.13. The number of hydrogen-bond donors (Lipinski definition) is 5. The normalized spacial score (nSPS) is 29.2. The lowest BCUT2D eigenvalue weighted by atomic mass is 10.1. The molecule has 0 amide bonds. The molecule has 2 aromatic heterocycles. The molecule has 6 atom stereocenters. The minimum absolute atomic E-state index is 0.00140. The first-order chi connectivity index (χ1) is 16.3. The van der Waals surface area contributed by atoms with Gasteiger partial charge in [-0.15, -0.1) is 5.10 Å². The van der Waals surface area contributed by atoms with Crippen molar-refractivity contribution in [3.63, 3.8) is 0 Å². The first kappa shape index (κ1) is 26.9. The first-order valence-electron chi connectivity index (χ1n) is 11.0. The molecule has 0 spiro atoms. The van der Waals surface area contributed by atoms with Gasteiger partial charge >= 0.3 is 15.2 Å². The molecule has 3 heterocycles. The molecule has 1 saturated heterocycles. The predicted molar refractivity (Wildman–Crippen MR) is 125 cm³/mol. The highest BCUT2D eigenvalue weighted by atomic mass is 35.5. The zero-order valence-corrected chi connectivity index (χ0v) is 21.7. The second-order valence-corrected chi connectivity index (χ2v) is 13.5. The summed E-state index contributed by atoms with van der Waals surface area (Å²) < 4.78 is 35.0. The zero-order valence-electron chi connectivity index (χ0n) is 19.1. The van der Waals surface area contributed by atoms with Gasteiger partial charge in [-0.3, -0.25) is 9.13 Å². The van der Waals surface area contributed by atoms with Crippen LogP contribution in [0.15, 0.2) is 6.20 Å². The fourth-order valence-electron chi connectivity index (χ4n) is 4.47. The Morgan fingerprint density at radius 2 is 2.03 bits per heavy atom. The predicted octanol–water partition coefficient (Wildman–Crippen LogP) is 1.20. The van der Waals surface area contributed by atoms with Gasteiger partial charge in [0.2, 0.25) is 5.28 Å². The molecule has 0 bridgehead atoms. The standard InChI is InChI=1S/C18H29ClN6O8P2/c1-24(2)11-4-3-10(5-11)21-16-17-20-7-12(25(17)23-18(19)22-16)14-6-13(26)15(33-14)8-32-35(30,31)9-34(27,28)29/h7,10-11,13-15,26H,3-6,8-9H2,1-2H3,(H,30,31)(H,21,22,23)(H2,27,28,29)/t10-,11-,13-,14+,15+/m0/s1. The van der Waals surface area contributed by atoms with Gasteiger partial charge in [0.05, 0.1) is 24.6 Å².